The fourth-order valence-corrected chi connectivity index (χ4v) is 2.12. The fourth-order valence-electron chi connectivity index (χ4n) is 2.12. The molecule has 0 unspecified atom stereocenters. The van der Waals surface area contributed by atoms with Gasteiger partial charge in [-0.2, -0.15) is 0 Å². The number of nitro groups is 1. The van der Waals surface area contributed by atoms with Crippen molar-refractivity contribution in [3.05, 3.63) is 51.8 Å². The Morgan fingerprint density at radius 3 is 2.64 bits per heavy atom. The number of nitrogens with zero attached hydrogens (tertiary/aromatic N) is 2. The predicted octanol–water partition coefficient (Wildman–Crippen LogP) is 2.48. The number of aromatic nitrogens is 1. The number of para-hydroxylation sites is 1. The van der Waals surface area contributed by atoms with Gasteiger partial charge in [0.15, 0.2) is 0 Å². The Bertz CT molecular complexity index is 788. The van der Waals surface area contributed by atoms with E-state index in [1.165, 1.54) is 17.7 Å². The molecule has 0 aliphatic rings. The first kappa shape index (κ1) is 15.4. The average Bonchev–Trinajstić information content (AvgIpc) is 2.83. The van der Waals surface area contributed by atoms with Gasteiger partial charge < -0.3 is 4.74 Å². The van der Waals surface area contributed by atoms with Gasteiger partial charge in [0, 0.05) is 30.1 Å². The Balaban J connectivity index is 2.63. The highest BCUT2D eigenvalue weighted by molar-refractivity contribution is 5.99. The molecule has 1 aromatic carbocycles. The number of benzene rings is 1. The van der Waals surface area contributed by atoms with Gasteiger partial charge in [-0.15, -0.1) is 0 Å². The van der Waals surface area contributed by atoms with E-state index in [-0.39, 0.29) is 12.5 Å². The summed E-state index contributed by atoms with van der Waals surface area (Å²) in [6.45, 7) is 3.00. The third-order valence-electron chi connectivity index (χ3n) is 3.06. The molecule has 0 radical (unpaired) electrons. The smallest absolute Gasteiger partial charge is 0.409 e. The van der Waals surface area contributed by atoms with Crippen molar-refractivity contribution >= 4 is 28.9 Å². The van der Waals surface area contributed by atoms with Crippen LogP contribution in [0.25, 0.3) is 17.0 Å². The van der Waals surface area contributed by atoms with Crippen LogP contribution in [0.15, 0.2) is 36.2 Å². The van der Waals surface area contributed by atoms with E-state index in [9.17, 15) is 19.7 Å². The van der Waals surface area contributed by atoms with Gasteiger partial charge in [0.05, 0.1) is 17.0 Å². The standard InChI is InChI=1S/C15H14N2O5/c1-3-22-15(19)14(17(20)21)8-11-9-16(10(2)18)13-7-5-4-6-12(11)13/h4-9H,3H2,1-2H3. The molecular weight excluding hydrogens is 288 g/mol. The molecule has 0 saturated heterocycles. The van der Waals surface area contributed by atoms with Crippen molar-refractivity contribution in [1.82, 2.24) is 4.57 Å². The normalized spacial score (nSPS) is 11.5. The van der Waals surface area contributed by atoms with Crippen LogP contribution in [0, 0.1) is 10.1 Å². The molecule has 0 aliphatic heterocycles. The third-order valence-corrected chi connectivity index (χ3v) is 3.06. The molecule has 0 bridgehead atoms. The van der Waals surface area contributed by atoms with Crippen molar-refractivity contribution in [2.24, 2.45) is 0 Å². The molecule has 0 N–H and O–H groups in total. The summed E-state index contributed by atoms with van der Waals surface area (Å²) in [7, 11) is 0. The highest BCUT2D eigenvalue weighted by Gasteiger charge is 2.24. The van der Waals surface area contributed by atoms with Crippen molar-refractivity contribution in [1.29, 1.82) is 0 Å². The van der Waals surface area contributed by atoms with Gasteiger partial charge in [0.1, 0.15) is 0 Å². The number of hydrogen-bond acceptors (Lipinski definition) is 5. The summed E-state index contributed by atoms with van der Waals surface area (Å²) in [5.74, 6) is -1.23. The minimum Gasteiger partial charge on any atom is -0.458 e. The zero-order valence-corrected chi connectivity index (χ0v) is 12.1. The van der Waals surface area contributed by atoms with E-state index in [4.69, 9.17) is 0 Å². The highest BCUT2D eigenvalue weighted by Crippen LogP contribution is 2.24. The first-order valence-electron chi connectivity index (χ1n) is 6.60. The lowest BCUT2D eigenvalue weighted by Gasteiger charge is -1.98. The summed E-state index contributed by atoms with van der Waals surface area (Å²) < 4.78 is 6.06. The van der Waals surface area contributed by atoms with E-state index in [1.807, 2.05) is 0 Å². The van der Waals surface area contributed by atoms with Crippen molar-refractivity contribution in [2.45, 2.75) is 13.8 Å². The van der Waals surface area contributed by atoms with Crippen LogP contribution in [0.3, 0.4) is 0 Å². The molecule has 0 saturated carbocycles. The third kappa shape index (κ3) is 2.88. The first-order chi connectivity index (χ1) is 10.5. The van der Waals surface area contributed by atoms with Crippen LogP contribution in [0.2, 0.25) is 0 Å². The second-order valence-corrected chi connectivity index (χ2v) is 4.50. The van der Waals surface area contributed by atoms with Gasteiger partial charge in [0.2, 0.25) is 5.91 Å². The zero-order chi connectivity index (χ0) is 16.3. The van der Waals surface area contributed by atoms with Crippen LogP contribution < -0.4 is 0 Å². The monoisotopic (exact) mass is 302 g/mol. The fraction of sp³-hybridized carbons (Fsp3) is 0.200. The van der Waals surface area contributed by atoms with E-state index < -0.39 is 16.6 Å². The van der Waals surface area contributed by atoms with E-state index >= 15 is 0 Å². The Labute approximate surface area is 125 Å². The topological polar surface area (TPSA) is 91.4 Å². The van der Waals surface area contributed by atoms with Crippen LogP contribution in [-0.4, -0.2) is 28.0 Å². The molecule has 7 heteroatoms. The van der Waals surface area contributed by atoms with Crippen LogP contribution in [0.5, 0.6) is 0 Å². The van der Waals surface area contributed by atoms with Crippen molar-refractivity contribution in [3.63, 3.8) is 0 Å². The number of hydrogen-bond donors (Lipinski definition) is 0. The maximum Gasteiger partial charge on any atom is 0.409 e. The van der Waals surface area contributed by atoms with E-state index in [0.29, 0.717) is 16.5 Å². The average molecular weight is 302 g/mol. The molecule has 0 fully saturated rings. The van der Waals surface area contributed by atoms with Crippen molar-refractivity contribution in [3.8, 4) is 0 Å². The summed E-state index contributed by atoms with van der Waals surface area (Å²) in [4.78, 5) is 33.6. The molecule has 7 nitrogen and oxygen atoms in total. The van der Waals surface area contributed by atoms with Gasteiger partial charge in [-0.3, -0.25) is 19.5 Å². The van der Waals surface area contributed by atoms with Crippen LogP contribution in [-0.2, 0) is 9.53 Å². The van der Waals surface area contributed by atoms with E-state index in [1.54, 1.807) is 31.2 Å². The van der Waals surface area contributed by atoms with E-state index in [0.717, 1.165) is 6.08 Å². The van der Waals surface area contributed by atoms with Gasteiger partial charge >= 0.3 is 11.7 Å². The maximum absolute atomic E-state index is 11.7. The molecular formula is C15H14N2O5. The minimum absolute atomic E-state index is 0.0409. The highest BCUT2D eigenvalue weighted by atomic mass is 16.6. The van der Waals surface area contributed by atoms with Crippen LogP contribution in [0.1, 0.15) is 24.2 Å². The van der Waals surface area contributed by atoms with Crippen LogP contribution in [0.4, 0.5) is 0 Å². The molecule has 1 heterocycles. The predicted molar refractivity (Wildman–Crippen MR) is 79.8 cm³/mol. The lowest BCUT2D eigenvalue weighted by molar-refractivity contribution is -0.419. The number of carbonyl (C=O) groups is 2. The van der Waals surface area contributed by atoms with E-state index in [2.05, 4.69) is 4.74 Å². The second kappa shape index (κ2) is 6.21. The van der Waals surface area contributed by atoms with Gasteiger partial charge in [-0.05, 0) is 13.0 Å². The Morgan fingerprint density at radius 2 is 2.05 bits per heavy atom. The Hall–Kier alpha value is -2.96. The lowest BCUT2D eigenvalue weighted by Crippen LogP contribution is -2.14. The number of carbonyl (C=O) groups excluding carboxylic acids is 2. The van der Waals surface area contributed by atoms with Gasteiger partial charge in [-0.1, -0.05) is 18.2 Å². The first-order valence-corrected chi connectivity index (χ1v) is 6.60. The summed E-state index contributed by atoms with van der Waals surface area (Å²) in [5.41, 5.74) is 0.353. The summed E-state index contributed by atoms with van der Waals surface area (Å²) in [6.07, 6.45) is 2.59. The molecule has 0 atom stereocenters. The summed E-state index contributed by atoms with van der Waals surface area (Å²) in [5, 5.41) is 11.7. The quantitative estimate of drug-likeness (QED) is 0.374. The van der Waals surface area contributed by atoms with Gasteiger partial charge in [-0.25, -0.2) is 4.79 Å². The molecule has 2 aromatic rings. The molecule has 0 aliphatic carbocycles. The number of ether oxygens (including phenoxy) is 1. The number of esters is 1. The molecule has 114 valence electrons. The second-order valence-electron chi connectivity index (χ2n) is 4.50. The number of rotatable bonds is 4. The maximum atomic E-state index is 11.7. The Morgan fingerprint density at radius 1 is 1.36 bits per heavy atom. The molecule has 1 aromatic heterocycles. The molecule has 2 rings (SSSR count). The Kier molecular flexibility index (Phi) is 4.36. The molecule has 0 spiro atoms. The minimum atomic E-state index is -1.01. The summed E-state index contributed by atoms with van der Waals surface area (Å²) in [6, 6.07) is 6.96. The largest absolute Gasteiger partial charge is 0.458 e. The van der Waals surface area contributed by atoms with Gasteiger partial charge in [0.25, 0.3) is 0 Å². The zero-order valence-electron chi connectivity index (χ0n) is 12.1. The van der Waals surface area contributed by atoms with Crippen LogP contribution >= 0.6 is 0 Å². The van der Waals surface area contributed by atoms with Crippen molar-refractivity contribution < 1.29 is 19.2 Å². The molecule has 22 heavy (non-hydrogen) atoms. The molecule has 0 amide bonds. The SMILES string of the molecule is CCOC(=O)C(=Cc1cn(C(C)=O)c2ccccc12)[N+](=O)[O-]. The lowest BCUT2D eigenvalue weighted by atomic mass is 10.1. The number of fused-ring (bicyclic) bond motifs is 1. The van der Waals surface area contributed by atoms with Crippen molar-refractivity contribution in [2.75, 3.05) is 6.61 Å². The summed E-state index contributed by atoms with van der Waals surface area (Å²) >= 11 is 0.